The highest BCUT2D eigenvalue weighted by Crippen LogP contribution is 2.45. The zero-order valence-corrected chi connectivity index (χ0v) is 50.6. The molecule has 0 N–H and O–H groups in total. The van der Waals surface area contributed by atoms with Crippen LogP contribution in [0.25, 0.3) is 178 Å². The SMILES string of the molecule is c1ccc(-c2nc(-c3ccccc3-n3c4ccccc4c4cc(-c5ccc6c(c5)c5ccccc5n6-c5nc(-c6ccccc6)nc(-c6ccccc6)n5)ccc43)cc(-c3ccccc3-n3c4ccccc4c4c3ccc3c5ccccc5n(-c5ccccc5)c34)n2)cc1. The summed E-state index contributed by atoms with van der Waals surface area (Å²) >= 11 is 0. The maximum Gasteiger partial charge on any atom is 0.238 e. The van der Waals surface area contributed by atoms with E-state index in [0.717, 1.165) is 122 Å². The number of benzene rings is 13. The number of hydrogen-bond acceptors (Lipinski definition) is 5. The van der Waals surface area contributed by atoms with Crippen LogP contribution in [0.1, 0.15) is 0 Å². The van der Waals surface area contributed by atoms with E-state index in [4.69, 9.17) is 24.9 Å². The van der Waals surface area contributed by atoms with E-state index in [0.29, 0.717) is 23.4 Å². The molecule has 0 radical (unpaired) electrons. The predicted molar refractivity (Wildman–Crippen MR) is 385 cm³/mol. The molecule has 0 bridgehead atoms. The Morgan fingerprint density at radius 1 is 0.213 bits per heavy atom. The van der Waals surface area contributed by atoms with Crippen molar-refractivity contribution in [2.45, 2.75) is 0 Å². The lowest BCUT2D eigenvalue weighted by Gasteiger charge is -2.17. The van der Waals surface area contributed by atoms with Gasteiger partial charge in [0.2, 0.25) is 5.95 Å². The van der Waals surface area contributed by atoms with E-state index in [2.05, 4.69) is 273 Å². The van der Waals surface area contributed by atoms with Gasteiger partial charge in [-0.25, -0.2) is 15.0 Å². The van der Waals surface area contributed by atoms with Gasteiger partial charge in [0.05, 0.1) is 66.9 Å². The summed E-state index contributed by atoms with van der Waals surface area (Å²) in [6.07, 6.45) is 0. The molecule has 6 aromatic heterocycles. The van der Waals surface area contributed by atoms with Crippen LogP contribution in [0.5, 0.6) is 0 Å². The lowest BCUT2D eigenvalue weighted by molar-refractivity contribution is 0.953. The van der Waals surface area contributed by atoms with Gasteiger partial charge in [-0.15, -0.1) is 0 Å². The van der Waals surface area contributed by atoms with Gasteiger partial charge < -0.3 is 13.7 Å². The van der Waals surface area contributed by atoms with E-state index in [1.165, 1.54) is 32.6 Å². The van der Waals surface area contributed by atoms with E-state index in [9.17, 15) is 0 Å². The van der Waals surface area contributed by atoms with E-state index in [1.54, 1.807) is 0 Å². The quantitative estimate of drug-likeness (QED) is 0.136. The second-order valence-electron chi connectivity index (χ2n) is 23.9. The zero-order valence-electron chi connectivity index (χ0n) is 50.6. The average molecular weight is 1200 g/mol. The first-order valence-electron chi connectivity index (χ1n) is 31.7. The normalized spacial score (nSPS) is 11.8. The van der Waals surface area contributed by atoms with E-state index in [1.807, 2.05) is 66.7 Å². The molecule has 0 amide bonds. The molecule has 0 saturated heterocycles. The fourth-order valence-corrected chi connectivity index (χ4v) is 14.5. The van der Waals surface area contributed by atoms with Crippen LogP contribution in [0.3, 0.4) is 0 Å². The van der Waals surface area contributed by atoms with Crippen molar-refractivity contribution in [1.82, 2.24) is 43.2 Å². The number of fused-ring (bicyclic) bond motifs is 13. The van der Waals surface area contributed by atoms with Crippen LogP contribution >= 0.6 is 0 Å². The molecular weight excluding hydrogens is 1150 g/mol. The molecule has 0 aliphatic rings. The average Bonchev–Trinajstić information content (AvgIpc) is 1.55. The highest BCUT2D eigenvalue weighted by molar-refractivity contribution is 6.26. The number of aromatic nitrogens is 9. The van der Waals surface area contributed by atoms with Crippen molar-refractivity contribution in [1.29, 1.82) is 0 Å². The van der Waals surface area contributed by atoms with Gasteiger partial charge in [-0.2, -0.15) is 9.97 Å². The monoisotopic (exact) mass is 1200 g/mol. The van der Waals surface area contributed by atoms with Crippen molar-refractivity contribution in [2.24, 2.45) is 0 Å². The van der Waals surface area contributed by atoms with E-state index < -0.39 is 0 Å². The largest absolute Gasteiger partial charge is 0.309 e. The first-order valence-corrected chi connectivity index (χ1v) is 31.7. The van der Waals surface area contributed by atoms with Crippen LogP contribution in [0.15, 0.2) is 322 Å². The molecule has 0 saturated carbocycles. The fourth-order valence-electron chi connectivity index (χ4n) is 14.5. The third-order valence-corrected chi connectivity index (χ3v) is 18.7. The van der Waals surface area contributed by atoms with Gasteiger partial charge in [-0.05, 0) is 96.1 Å². The van der Waals surface area contributed by atoms with Crippen molar-refractivity contribution >= 4 is 87.2 Å². The first-order chi connectivity index (χ1) is 46.6. The molecule has 19 rings (SSSR count). The molecule has 9 nitrogen and oxygen atoms in total. The minimum atomic E-state index is 0.561. The predicted octanol–water partition coefficient (Wildman–Crippen LogP) is 21.1. The Bertz CT molecular complexity index is 6160. The van der Waals surface area contributed by atoms with Gasteiger partial charge in [0, 0.05) is 76.6 Å². The molecule has 0 aliphatic carbocycles. The Balaban J connectivity index is 0.761. The maximum atomic E-state index is 5.53. The van der Waals surface area contributed by atoms with Gasteiger partial charge in [0.25, 0.3) is 0 Å². The Morgan fingerprint density at radius 3 is 1.12 bits per heavy atom. The van der Waals surface area contributed by atoms with E-state index >= 15 is 0 Å². The van der Waals surface area contributed by atoms with Gasteiger partial charge in [-0.1, -0.05) is 237 Å². The molecule has 6 heterocycles. The number of hydrogen-bond donors (Lipinski definition) is 0. The van der Waals surface area contributed by atoms with Crippen molar-refractivity contribution in [2.75, 3.05) is 0 Å². The molecule has 13 aromatic carbocycles. The molecule has 0 aliphatic heterocycles. The summed E-state index contributed by atoms with van der Waals surface area (Å²) in [7, 11) is 0. The smallest absolute Gasteiger partial charge is 0.238 e. The third-order valence-electron chi connectivity index (χ3n) is 18.7. The summed E-state index contributed by atoms with van der Waals surface area (Å²) in [4.78, 5) is 26.4. The lowest BCUT2D eigenvalue weighted by atomic mass is 10.0. The van der Waals surface area contributed by atoms with Crippen molar-refractivity contribution in [3.8, 4) is 90.8 Å². The minimum Gasteiger partial charge on any atom is -0.309 e. The van der Waals surface area contributed by atoms with Gasteiger partial charge >= 0.3 is 0 Å². The molecule has 0 unspecified atom stereocenters. The summed E-state index contributed by atoms with van der Waals surface area (Å²) in [5, 5.41) is 9.32. The van der Waals surface area contributed by atoms with Gasteiger partial charge in [0.15, 0.2) is 17.5 Å². The Hall–Kier alpha value is -12.9. The number of nitrogens with zero attached hydrogens (tertiary/aromatic N) is 9. The highest BCUT2D eigenvalue weighted by atomic mass is 15.2. The summed E-state index contributed by atoms with van der Waals surface area (Å²) in [6.45, 7) is 0. The third kappa shape index (κ3) is 8.38. The molecule has 0 spiro atoms. The van der Waals surface area contributed by atoms with Crippen LogP contribution in [0.2, 0.25) is 0 Å². The Labute approximate surface area is 539 Å². The van der Waals surface area contributed by atoms with Gasteiger partial charge in [-0.3, -0.25) is 4.57 Å². The van der Waals surface area contributed by atoms with Crippen LogP contribution < -0.4 is 0 Å². The summed E-state index contributed by atoms with van der Waals surface area (Å²) < 4.78 is 9.47. The Kier molecular flexibility index (Phi) is 12.1. The van der Waals surface area contributed by atoms with Crippen LogP contribution in [0.4, 0.5) is 0 Å². The topological polar surface area (TPSA) is 84.2 Å². The molecular formula is C85H53N9. The molecule has 19 aromatic rings. The summed E-state index contributed by atoms with van der Waals surface area (Å²) in [5.74, 6) is 2.43. The first kappa shape index (κ1) is 53.0. The van der Waals surface area contributed by atoms with Crippen LogP contribution in [-0.2, 0) is 0 Å². The highest BCUT2D eigenvalue weighted by Gasteiger charge is 2.25. The molecule has 94 heavy (non-hydrogen) atoms. The van der Waals surface area contributed by atoms with Crippen LogP contribution in [-0.4, -0.2) is 43.2 Å². The molecule has 438 valence electrons. The van der Waals surface area contributed by atoms with Crippen molar-refractivity contribution < 1.29 is 0 Å². The zero-order chi connectivity index (χ0) is 61.8. The second-order valence-corrected chi connectivity index (χ2v) is 23.9. The maximum absolute atomic E-state index is 5.53. The second kappa shape index (κ2) is 21.4. The Morgan fingerprint density at radius 2 is 0.585 bits per heavy atom. The number of rotatable bonds is 10. The summed E-state index contributed by atoms with van der Waals surface area (Å²) in [5.41, 5.74) is 20.5. The van der Waals surface area contributed by atoms with Crippen LogP contribution in [0, 0.1) is 0 Å². The molecule has 0 fully saturated rings. The summed E-state index contributed by atoms with van der Waals surface area (Å²) in [6, 6.07) is 114. The lowest BCUT2D eigenvalue weighted by Crippen LogP contribution is -2.06. The van der Waals surface area contributed by atoms with E-state index in [-0.39, 0.29) is 0 Å². The fraction of sp³-hybridized carbons (Fsp3) is 0. The molecule has 9 heteroatoms. The van der Waals surface area contributed by atoms with Gasteiger partial charge in [0.1, 0.15) is 0 Å². The van der Waals surface area contributed by atoms with Crippen molar-refractivity contribution in [3.05, 3.63) is 322 Å². The number of para-hydroxylation sites is 7. The van der Waals surface area contributed by atoms with Crippen molar-refractivity contribution in [3.63, 3.8) is 0 Å². The molecule has 0 atom stereocenters. The standard InChI is InChI=1S/C85H53N9/c1-5-25-54(26-6-1)82-86-69(53-70(87-82)65-37-17-23-43-75(65)93-76-44-24-18-38-66(76)80-79(93)50-47-63-60-33-13-19-39-71(60)91(81(63)80)59-31-11-4-12-32-59)64-36-16-22-42-74(64)92-72-40-20-14-34-61(72)67-51-57(45-48-77(67)92)58-46-49-78-68(52-58)62-35-15-21-41-73(62)94(78)85-89-83(55-27-7-2-8-28-55)88-84(90-85)56-29-9-3-10-30-56/h1-53H. The minimum absolute atomic E-state index is 0.561.